The normalized spacial score (nSPS) is 11.2. The average molecular weight is 255 g/mol. The Morgan fingerprint density at radius 3 is 2.53 bits per heavy atom. The van der Waals surface area contributed by atoms with Crippen molar-refractivity contribution in [1.82, 2.24) is 0 Å². The van der Waals surface area contributed by atoms with Gasteiger partial charge in [0.25, 0.3) is 0 Å². The number of hydrogen-bond donors (Lipinski definition) is 1. The average Bonchev–Trinajstić information content (AvgIpc) is 2.39. The molecule has 0 aliphatic heterocycles. The molecule has 0 saturated carbocycles. The minimum Gasteiger partial charge on any atom is -0.359 e. The minimum absolute atomic E-state index is 0.222. The van der Waals surface area contributed by atoms with Gasteiger partial charge in [0.15, 0.2) is 5.78 Å². The molecule has 2 nitrogen and oxygen atoms in total. The van der Waals surface area contributed by atoms with E-state index in [-0.39, 0.29) is 5.78 Å². The molecule has 0 aromatic heterocycles. The lowest BCUT2D eigenvalue weighted by Gasteiger charge is -2.05. The monoisotopic (exact) mass is 255 g/mol. The number of benzene rings is 2. The van der Waals surface area contributed by atoms with Crippen molar-refractivity contribution in [2.75, 3.05) is 5.32 Å². The van der Waals surface area contributed by atoms with E-state index in [1.807, 2.05) is 30.3 Å². The lowest BCUT2D eigenvalue weighted by atomic mass is 10.1. The fraction of sp³-hybridized carbons (Fsp3) is 0.0625. The molecular formula is C16H14FNO. The van der Waals surface area contributed by atoms with Gasteiger partial charge in [0.2, 0.25) is 0 Å². The van der Waals surface area contributed by atoms with Crippen molar-refractivity contribution in [3.8, 4) is 0 Å². The summed E-state index contributed by atoms with van der Waals surface area (Å²) < 4.78 is 13.0. The van der Waals surface area contributed by atoms with E-state index in [0.717, 1.165) is 5.69 Å². The minimum atomic E-state index is -0.409. The zero-order valence-corrected chi connectivity index (χ0v) is 10.6. The van der Waals surface area contributed by atoms with Crippen LogP contribution in [0.3, 0.4) is 0 Å². The fourth-order valence-corrected chi connectivity index (χ4v) is 1.71. The number of anilines is 1. The molecule has 0 bridgehead atoms. The number of nitrogens with one attached hydrogen (secondary N) is 1. The van der Waals surface area contributed by atoms with Gasteiger partial charge in [-0.05, 0) is 31.2 Å². The van der Waals surface area contributed by atoms with Gasteiger partial charge in [-0.15, -0.1) is 0 Å². The molecule has 0 amide bonds. The standard InChI is InChI=1S/C16H14FNO/c1-12(18-15-8-3-2-4-9-15)10-16(19)13-6-5-7-14(17)11-13/h2-11,18H,1H3. The van der Waals surface area contributed by atoms with Gasteiger partial charge < -0.3 is 5.32 Å². The molecule has 3 heteroatoms. The van der Waals surface area contributed by atoms with Crippen LogP contribution in [0.1, 0.15) is 17.3 Å². The van der Waals surface area contributed by atoms with Crippen LogP contribution in [0, 0.1) is 5.82 Å². The van der Waals surface area contributed by atoms with Crippen LogP contribution in [0.15, 0.2) is 66.4 Å². The van der Waals surface area contributed by atoms with Crippen LogP contribution < -0.4 is 5.32 Å². The molecule has 0 aliphatic carbocycles. The van der Waals surface area contributed by atoms with Gasteiger partial charge >= 0.3 is 0 Å². The molecular weight excluding hydrogens is 241 g/mol. The number of halogens is 1. The van der Waals surface area contributed by atoms with Crippen LogP contribution in [0.5, 0.6) is 0 Å². The second-order valence-corrected chi connectivity index (χ2v) is 4.19. The van der Waals surface area contributed by atoms with E-state index in [2.05, 4.69) is 5.32 Å². The Hall–Kier alpha value is -2.42. The number of hydrogen-bond acceptors (Lipinski definition) is 2. The Morgan fingerprint density at radius 1 is 1.11 bits per heavy atom. The lowest BCUT2D eigenvalue weighted by Crippen LogP contribution is -2.01. The maximum absolute atomic E-state index is 13.0. The van der Waals surface area contributed by atoms with Gasteiger partial charge in [-0.1, -0.05) is 30.3 Å². The van der Waals surface area contributed by atoms with Crippen LogP contribution in [0.2, 0.25) is 0 Å². The molecule has 2 aromatic carbocycles. The summed E-state index contributed by atoms with van der Waals surface area (Å²) in [5, 5.41) is 3.10. The van der Waals surface area contributed by atoms with E-state index in [0.29, 0.717) is 11.3 Å². The molecule has 0 saturated heterocycles. The molecule has 2 rings (SSSR count). The number of rotatable bonds is 4. The van der Waals surface area contributed by atoms with Crippen molar-refractivity contribution in [3.05, 3.63) is 77.8 Å². The predicted octanol–water partition coefficient (Wildman–Crippen LogP) is 4.02. The number of carbonyl (C=O) groups excluding carboxylic acids is 1. The third kappa shape index (κ3) is 3.78. The largest absolute Gasteiger partial charge is 0.359 e. The third-order valence-corrected chi connectivity index (χ3v) is 2.57. The first-order valence-corrected chi connectivity index (χ1v) is 5.95. The number of ketones is 1. The maximum Gasteiger partial charge on any atom is 0.187 e. The summed E-state index contributed by atoms with van der Waals surface area (Å²) in [4.78, 5) is 11.9. The summed E-state index contributed by atoms with van der Waals surface area (Å²) in [5.74, 6) is -0.631. The highest BCUT2D eigenvalue weighted by Crippen LogP contribution is 2.10. The summed E-state index contributed by atoms with van der Waals surface area (Å²) in [6, 6.07) is 15.2. The predicted molar refractivity (Wildman–Crippen MR) is 74.6 cm³/mol. The molecule has 2 aromatic rings. The lowest BCUT2D eigenvalue weighted by molar-refractivity contribution is 0.104. The van der Waals surface area contributed by atoms with Crippen LogP contribution in [0.4, 0.5) is 10.1 Å². The van der Waals surface area contributed by atoms with Crippen molar-refractivity contribution in [2.24, 2.45) is 0 Å². The molecule has 0 unspecified atom stereocenters. The van der Waals surface area contributed by atoms with E-state index >= 15 is 0 Å². The van der Waals surface area contributed by atoms with E-state index in [1.165, 1.54) is 24.3 Å². The Morgan fingerprint density at radius 2 is 1.84 bits per heavy atom. The van der Waals surface area contributed by atoms with Gasteiger partial charge in [0, 0.05) is 23.0 Å². The SMILES string of the molecule is CC(=CC(=O)c1cccc(F)c1)Nc1ccccc1. The zero-order valence-electron chi connectivity index (χ0n) is 10.6. The fourth-order valence-electron chi connectivity index (χ4n) is 1.71. The molecule has 0 aliphatic rings. The molecule has 19 heavy (non-hydrogen) atoms. The zero-order chi connectivity index (χ0) is 13.7. The van der Waals surface area contributed by atoms with E-state index in [9.17, 15) is 9.18 Å². The van der Waals surface area contributed by atoms with Crippen LogP contribution in [-0.2, 0) is 0 Å². The maximum atomic E-state index is 13.0. The Labute approximate surface area is 111 Å². The van der Waals surface area contributed by atoms with Crippen LogP contribution >= 0.6 is 0 Å². The highest BCUT2D eigenvalue weighted by molar-refractivity contribution is 6.05. The summed E-state index contributed by atoms with van der Waals surface area (Å²) in [7, 11) is 0. The van der Waals surface area contributed by atoms with Gasteiger partial charge in [-0.3, -0.25) is 4.79 Å². The number of para-hydroxylation sites is 1. The van der Waals surface area contributed by atoms with Gasteiger partial charge in [0.1, 0.15) is 5.82 Å². The van der Waals surface area contributed by atoms with E-state index in [1.54, 1.807) is 13.0 Å². The van der Waals surface area contributed by atoms with Gasteiger partial charge in [-0.2, -0.15) is 0 Å². The summed E-state index contributed by atoms with van der Waals surface area (Å²) in [5.41, 5.74) is 1.96. The van der Waals surface area contributed by atoms with E-state index in [4.69, 9.17) is 0 Å². The van der Waals surface area contributed by atoms with Crippen LogP contribution in [-0.4, -0.2) is 5.78 Å². The highest BCUT2D eigenvalue weighted by atomic mass is 19.1. The Balaban J connectivity index is 2.10. The van der Waals surface area contributed by atoms with Crippen LogP contribution in [0.25, 0.3) is 0 Å². The smallest absolute Gasteiger partial charge is 0.187 e. The number of carbonyl (C=O) groups is 1. The molecule has 0 heterocycles. The first-order chi connectivity index (χ1) is 9.15. The second-order valence-electron chi connectivity index (χ2n) is 4.19. The molecule has 1 N–H and O–H groups in total. The van der Waals surface area contributed by atoms with Crippen molar-refractivity contribution in [3.63, 3.8) is 0 Å². The first-order valence-electron chi connectivity index (χ1n) is 5.95. The third-order valence-electron chi connectivity index (χ3n) is 2.57. The summed E-state index contributed by atoms with van der Waals surface area (Å²) in [6.07, 6.45) is 1.46. The number of allylic oxidation sites excluding steroid dienone is 2. The van der Waals surface area contributed by atoms with Gasteiger partial charge in [-0.25, -0.2) is 4.39 Å². The van der Waals surface area contributed by atoms with Crippen molar-refractivity contribution >= 4 is 11.5 Å². The quantitative estimate of drug-likeness (QED) is 0.660. The molecule has 0 fully saturated rings. The van der Waals surface area contributed by atoms with E-state index < -0.39 is 5.82 Å². The van der Waals surface area contributed by atoms with Gasteiger partial charge in [0.05, 0.1) is 0 Å². The summed E-state index contributed by atoms with van der Waals surface area (Å²) in [6.45, 7) is 1.80. The van der Waals surface area contributed by atoms with Crippen molar-refractivity contribution in [1.29, 1.82) is 0 Å². The summed E-state index contributed by atoms with van der Waals surface area (Å²) >= 11 is 0. The Kier molecular flexibility index (Phi) is 4.08. The second kappa shape index (κ2) is 5.96. The first kappa shape index (κ1) is 13.0. The Bertz CT molecular complexity index is 605. The highest BCUT2D eigenvalue weighted by Gasteiger charge is 2.04. The topological polar surface area (TPSA) is 29.1 Å². The molecule has 0 radical (unpaired) electrons. The van der Waals surface area contributed by atoms with Crippen molar-refractivity contribution in [2.45, 2.75) is 6.92 Å². The molecule has 96 valence electrons. The van der Waals surface area contributed by atoms with Crippen molar-refractivity contribution < 1.29 is 9.18 Å². The molecule has 0 atom stereocenters. The molecule has 0 spiro atoms.